The lowest BCUT2D eigenvalue weighted by atomic mass is 9.99. The first kappa shape index (κ1) is 11.2. The van der Waals surface area contributed by atoms with E-state index < -0.39 is 0 Å². The minimum atomic E-state index is 0.151. The van der Waals surface area contributed by atoms with Crippen LogP contribution in [-0.4, -0.2) is 26.3 Å². The first-order valence-electron chi connectivity index (χ1n) is 6.20. The quantitative estimate of drug-likeness (QED) is 0.800. The number of aromatic amines is 1. The molecule has 0 aromatic carbocycles. The van der Waals surface area contributed by atoms with Crippen molar-refractivity contribution in [2.24, 2.45) is 0 Å². The molecule has 2 aromatic rings. The number of rotatable bonds is 3. The van der Waals surface area contributed by atoms with Crippen LogP contribution >= 0.6 is 0 Å². The SMILES string of the molecule is C=CCn1cc([C@H]2NCCc3[nH]cnc32)c(C)n1. The smallest absolute Gasteiger partial charge is 0.0926 e. The molecule has 1 atom stereocenters. The predicted molar refractivity (Wildman–Crippen MR) is 69.3 cm³/mol. The van der Waals surface area contributed by atoms with Crippen molar-refractivity contribution < 1.29 is 0 Å². The summed E-state index contributed by atoms with van der Waals surface area (Å²) in [6.45, 7) is 7.48. The highest BCUT2D eigenvalue weighted by molar-refractivity contribution is 5.33. The van der Waals surface area contributed by atoms with Gasteiger partial charge in [-0.3, -0.25) is 4.68 Å². The van der Waals surface area contributed by atoms with E-state index in [0.717, 1.165) is 30.9 Å². The van der Waals surface area contributed by atoms with Crippen LogP contribution < -0.4 is 5.32 Å². The van der Waals surface area contributed by atoms with E-state index in [9.17, 15) is 0 Å². The number of aromatic nitrogens is 4. The lowest BCUT2D eigenvalue weighted by molar-refractivity contribution is 0.551. The maximum absolute atomic E-state index is 4.50. The van der Waals surface area contributed by atoms with Gasteiger partial charge in [0.05, 0.1) is 30.3 Å². The van der Waals surface area contributed by atoms with Crippen molar-refractivity contribution in [3.05, 3.63) is 47.8 Å². The first-order valence-corrected chi connectivity index (χ1v) is 6.20. The summed E-state index contributed by atoms with van der Waals surface area (Å²) in [6.07, 6.45) is 6.71. The van der Waals surface area contributed by atoms with Crippen LogP contribution in [0.1, 0.15) is 28.7 Å². The molecule has 94 valence electrons. The van der Waals surface area contributed by atoms with Gasteiger partial charge in [0.25, 0.3) is 0 Å². The van der Waals surface area contributed by atoms with Crippen LogP contribution in [0.4, 0.5) is 0 Å². The van der Waals surface area contributed by atoms with Gasteiger partial charge in [-0.25, -0.2) is 4.98 Å². The second-order valence-electron chi connectivity index (χ2n) is 4.58. The number of allylic oxidation sites excluding steroid dienone is 1. The molecule has 0 spiro atoms. The minimum Gasteiger partial charge on any atom is -0.348 e. The zero-order valence-electron chi connectivity index (χ0n) is 10.5. The van der Waals surface area contributed by atoms with E-state index in [2.05, 4.69) is 33.2 Å². The topological polar surface area (TPSA) is 58.5 Å². The Bertz CT molecular complexity index is 566. The standard InChI is InChI=1S/C13H17N5/c1-3-6-18-7-10(9(2)17-18)12-13-11(4-5-14-12)15-8-16-13/h3,7-8,12,14H,1,4-6H2,2H3,(H,15,16)/t12-/m1/s1. The van der Waals surface area contributed by atoms with Gasteiger partial charge in [0.2, 0.25) is 0 Å². The molecule has 0 saturated carbocycles. The lowest BCUT2D eigenvalue weighted by Crippen LogP contribution is -2.30. The van der Waals surface area contributed by atoms with Crippen molar-refractivity contribution in [2.75, 3.05) is 6.54 Å². The molecule has 0 fully saturated rings. The van der Waals surface area contributed by atoms with Gasteiger partial charge in [-0.05, 0) is 6.92 Å². The highest BCUT2D eigenvalue weighted by atomic mass is 15.3. The van der Waals surface area contributed by atoms with Gasteiger partial charge in [-0.2, -0.15) is 5.10 Å². The number of fused-ring (bicyclic) bond motifs is 1. The fourth-order valence-electron chi connectivity index (χ4n) is 2.52. The normalized spacial score (nSPS) is 18.6. The summed E-state index contributed by atoms with van der Waals surface area (Å²) in [5, 5.41) is 8.01. The third-order valence-corrected chi connectivity index (χ3v) is 3.36. The number of H-pyrrole nitrogens is 1. The van der Waals surface area contributed by atoms with Gasteiger partial charge in [-0.1, -0.05) is 6.08 Å². The molecular weight excluding hydrogens is 226 g/mol. The maximum Gasteiger partial charge on any atom is 0.0926 e. The fraction of sp³-hybridized carbons (Fsp3) is 0.385. The summed E-state index contributed by atoms with van der Waals surface area (Å²) in [6, 6.07) is 0.151. The Kier molecular flexibility index (Phi) is 2.76. The molecule has 2 N–H and O–H groups in total. The molecule has 18 heavy (non-hydrogen) atoms. The highest BCUT2D eigenvalue weighted by Crippen LogP contribution is 2.27. The monoisotopic (exact) mass is 243 g/mol. The van der Waals surface area contributed by atoms with Crippen LogP contribution in [0.15, 0.2) is 25.2 Å². The van der Waals surface area contributed by atoms with E-state index in [-0.39, 0.29) is 6.04 Å². The molecule has 2 aromatic heterocycles. The van der Waals surface area contributed by atoms with Gasteiger partial charge in [0.1, 0.15) is 0 Å². The van der Waals surface area contributed by atoms with E-state index in [1.54, 1.807) is 6.33 Å². The van der Waals surface area contributed by atoms with Gasteiger partial charge < -0.3 is 10.3 Å². The second kappa shape index (κ2) is 4.42. The van der Waals surface area contributed by atoms with Crippen molar-refractivity contribution in [1.29, 1.82) is 0 Å². The number of imidazole rings is 1. The van der Waals surface area contributed by atoms with Crippen molar-refractivity contribution in [3.8, 4) is 0 Å². The molecule has 0 saturated heterocycles. The van der Waals surface area contributed by atoms with Crippen molar-refractivity contribution in [2.45, 2.75) is 25.9 Å². The Morgan fingerprint density at radius 2 is 2.50 bits per heavy atom. The molecule has 5 nitrogen and oxygen atoms in total. The minimum absolute atomic E-state index is 0.151. The number of aryl methyl sites for hydroxylation is 1. The van der Waals surface area contributed by atoms with Crippen LogP contribution in [0.2, 0.25) is 0 Å². The summed E-state index contributed by atoms with van der Waals surface area (Å²) in [7, 11) is 0. The van der Waals surface area contributed by atoms with Crippen LogP contribution in [0.3, 0.4) is 0 Å². The summed E-state index contributed by atoms with van der Waals surface area (Å²) in [5.41, 5.74) is 4.58. The molecule has 3 heterocycles. The summed E-state index contributed by atoms with van der Waals surface area (Å²) in [4.78, 5) is 7.65. The van der Waals surface area contributed by atoms with Gasteiger partial charge >= 0.3 is 0 Å². The molecule has 1 aliphatic heterocycles. The molecule has 0 radical (unpaired) electrons. The van der Waals surface area contributed by atoms with E-state index in [0.29, 0.717) is 0 Å². The van der Waals surface area contributed by atoms with Crippen LogP contribution in [0.5, 0.6) is 0 Å². The number of hydrogen-bond acceptors (Lipinski definition) is 3. The molecule has 1 aliphatic rings. The average Bonchev–Trinajstić information content (AvgIpc) is 2.95. The summed E-state index contributed by atoms with van der Waals surface area (Å²) < 4.78 is 1.92. The Balaban J connectivity index is 1.99. The second-order valence-corrected chi connectivity index (χ2v) is 4.58. The van der Waals surface area contributed by atoms with Crippen molar-refractivity contribution in [3.63, 3.8) is 0 Å². The van der Waals surface area contributed by atoms with Crippen LogP contribution in [0.25, 0.3) is 0 Å². The Labute approximate surface area is 106 Å². The van der Waals surface area contributed by atoms with E-state index >= 15 is 0 Å². The van der Waals surface area contributed by atoms with E-state index in [1.165, 1.54) is 11.3 Å². The zero-order valence-corrected chi connectivity index (χ0v) is 10.5. The van der Waals surface area contributed by atoms with Crippen molar-refractivity contribution in [1.82, 2.24) is 25.1 Å². The lowest BCUT2D eigenvalue weighted by Gasteiger charge is -2.22. The Morgan fingerprint density at radius 1 is 1.61 bits per heavy atom. The van der Waals surface area contributed by atoms with Gasteiger partial charge in [-0.15, -0.1) is 6.58 Å². The summed E-state index contributed by atoms with van der Waals surface area (Å²) >= 11 is 0. The largest absolute Gasteiger partial charge is 0.348 e. The summed E-state index contributed by atoms with van der Waals surface area (Å²) in [5.74, 6) is 0. The molecule has 5 heteroatoms. The predicted octanol–water partition coefficient (Wildman–Crippen LogP) is 1.34. The Morgan fingerprint density at radius 3 is 3.33 bits per heavy atom. The van der Waals surface area contributed by atoms with Gasteiger partial charge in [0.15, 0.2) is 0 Å². The van der Waals surface area contributed by atoms with E-state index in [4.69, 9.17) is 0 Å². The van der Waals surface area contributed by atoms with Crippen LogP contribution in [-0.2, 0) is 13.0 Å². The first-order chi connectivity index (χ1) is 8.79. The maximum atomic E-state index is 4.50. The number of nitrogens with one attached hydrogen (secondary N) is 2. The molecule has 0 aliphatic carbocycles. The number of hydrogen-bond donors (Lipinski definition) is 2. The average molecular weight is 243 g/mol. The molecular formula is C13H17N5. The third-order valence-electron chi connectivity index (χ3n) is 3.36. The zero-order chi connectivity index (χ0) is 12.5. The fourth-order valence-corrected chi connectivity index (χ4v) is 2.52. The number of nitrogens with zero attached hydrogens (tertiary/aromatic N) is 3. The van der Waals surface area contributed by atoms with E-state index in [1.807, 2.05) is 17.7 Å². The molecule has 0 bridgehead atoms. The highest BCUT2D eigenvalue weighted by Gasteiger charge is 2.26. The van der Waals surface area contributed by atoms with Crippen molar-refractivity contribution >= 4 is 0 Å². The molecule has 0 amide bonds. The van der Waals surface area contributed by atoms with Crippen LogP contribution in [0, 0.1) is 6.92 Å². The Hall–Kier alpha value is -1.88. The third kappa shape index (κ3) is 1.76. The van der Waals surface area contributed by atoms with Gasteiger partial charge in [0, 0.05) is 30.4 Å². The molecule has 0 unspecified atom stereocenters. The molecule has 3 rings (SSSR count).